The largest absolute Gasteiger partial charge is 0.301 e. The van der Waals surface area contributed by atoms with E-state index in [0.29, 0.717) is 35.0 Å². The van der Waals surface area contributed by atoms with Gasteiger partial charge in [-0.2, -0.15) is 0 Å². The lowest BCUT2D eigenvalue weighted by Crippen LogP contribution is -2.42. The van der Waals surface area contributed by atoms with Crippen molar-refractivity contribution in [1.82, 2.24) is 14.5 Å². The van der Waals surface area contributed by atoms with Crippen molar-refractivity contribution >= 4 is 10.9 Å². The average Bonchev–Trinajstić information content (AvgIpc) is 2.79. The van der Waals surface area contributed by atoms with Crippen molar-refractivity contribution in [3.05, 3.63) is 64.0 Å². The van der Waals surface area contributed by atoms with E-state index in [0.717, 1.165) is 37.8 Å². The third-order valence-electron chi connectivity index (χ3n) is 6.57. The maximum absolute atomic E-state index is 14.4. The molecule has 1 aliphatic rings. The van der Waals surface area contributed by atoms with E-state index in [2.05, 4.69) is 18.7 Å². The van der Waals surface area contributed by atoms with Gasteiger partial charge < -0.3 is 4.90 Å². The highest BCUT2D eigenvalue weighted by Gasteiger charge is 2.25. The van der Waals surface area contributed by atoms with Crippen LogP contribution in [0.1, 0.15) is 52.3 Å². The third-order valence-corrected chi connectivity index (χ3v) is 6.57. The van der Waals surface area contributed by atoms with Crippen molar-refractivity contribution in [2.75, 3.05) is 13.1 Å². The summed E-state index contributed by atoms with van der Waals surface area (Å²) in [5, 5.41) is 0.345. The lowest BCUT2D eigenvalue weighted by molar-refractivity contribution is 0.129. The second-order valence-corrected chi connectivity index (χ2v) is 9.59. The zero-order valence-corrected chi connectivity index (χ0v) is 19.5. The van der Waals surface area contributed by atoms with E-state index >= 15 is 0 Å². The van der Waals surface area contributed by atoms with E-state index in [9.17, 15) is 18.0 Å². The van der Waals surface area contributed by atoms with Crippen LogP contribution in [0, 0.1) is 23.4 Å². The smallest absolute Gasteiger partial charge is 0.261 e. The van der Waals surface area contributed by atoms with E-state index in [1.54, 1.807) is 16.7 Å². The molecule has 1 saturated heterocycles. The second-order valence-electron chi connectivity index (χ2n) is 9.59. The molecule has 0 bridgehead atoms. The van der Waals surface area contributed by atoms with Crippen molar-refractivity contribution in [3.63, 3.8) is 0 Å². The van der Waals surface area contributed by atoms with Gasteiger partial charge in [-0.15, -0.1) is 0 Å². The number of fused-ring (bicyclic) bond motifs is 1. The highest BCUT2D eigenvalue weighted by Crippen LogP contribution is 2.29. The minimum absolute atomic E-state index is 0.0511. The molecule has 176 valence electrons. The molecule has 0 radical (unpaired) electrons. The minimum atomic E-state index is -1.52. The van der Waals surface area contributed by atoms with Crippen molar-refractivity contribution < 1.29 is 13.2 Å². The van der Waals surface area contributed by atoms with Crippen LogP contribution in [0.5, 0.6) is 0 Å². The fourth-order valence-electron chi connectivity index (χ4n) is 4.75. The van der Waals surface area contributed by atoms with Gasteiger partial charge in [0, 0.05) is 30.6 Å². The molecule has 4 nitrogen and oxygen atoms in total. The number of rotatable bonds is 5. The Balaban J connectivity index is 1.79. The summed E-state index contributed by atoms with van der Waals surface area (Å²) >= 11 is 0. The maximum atomic E-state index is 14.4. The predicted octanol–water partition coefficient (Wildman–Crippen LogP) is 5.72. The zero-order chi connectivity index (χ0) is 23.9. The van der Waals surface area contributed by atoms with Crippen LogP contribution in [0.2, 0.25) is 0 Å². The number of nitrogens with zero attached hydrogens (tertiary/aromatic N) is 3. The zero-order valence-electron chi connectivity index (χ0n) is 19.5. The standard InChI is InChI=1S/C26H30F3N3O/c1-15(2)25-30-22-10-7-18(19-8-9-21(27)24(29)23(19)28)12-20(22)26(33)32(25)14-17-6-5-11-31(13-17)16(3)4/h7-10,12,15-17H,5-6,11,13-14H2,1-4H3/t17-/m0/s1. The molecule has 1 aromatic heterocycles. The molecule has 7 heteroatoms. The van der Waals surface area contributed by atoms with Gasteiger partial charge in [0.25, 0.3) is 5.56 Å². The quantitative estimate of drug-likeness (QED) is 0.460. The van der Waals surface area contributed by atoms with Crippen LogP contribution in [0.15, 0.2) is 35.1 Å². The minimum Gasteiger partial charge on any atom is -0.301 e. The highest BCUT2D eigenvalue weighted by molar-refractivity contribution is 5.84. The molecule has 0 amide bonds. The fourth-order valence-corrected chi connectivity index (χ4v) is 4.75. The maximum Gasteiger partial charge on any atom is 0.261 e. The van der Waals surface area contributed by atoms with E-state index in [-0.39, 0.29) is 17.0 Å². The monoisotopic (exact) mass is 457 g/mol. The Bertz CT molecular complexity index is 1240. The number of piperidine rings is 1. The fraction of sp³-hybridized carbons (Fsp3) is 0.462. The van der Waals surface area contributed by atoms with Gasteiger partial charge in [-0.05, 0) is 69.0 Å². The molecule has 2 heterocycles. The molecule has 0 unspecified atom stereocenters. The molecule has 0 spiro atoms. The van der Waals surface area contributed by atoms with Gasteiger partial charge in [0.15, 0.2) is 17.5 Å². The third kappa shape index (κ3) is 4.56. The first-order chi connectivity index (χ1) is 15.7. The Morgan fingerprint density at radius 1 is 1.06 bits per heavy atom. The summed E-state index contributed by atoms with van der Waals surface area (Å²) in [5.74, 6) is -2.92. The van der Waals surface area contributed by atoms with Gasteiger partial charge in [-0.1, -0.05) is 19.9 Å². The highest BCUT2D eigenvalue weighted by atomic mass is 19.2. The topological polar surface area (TPSA) is 38.1 Å². The molecular formula is C26H30F3N3O. The Morgan fingerprint density at radius 3 is 2.52 bits per heavy atom. The molecule has 1 fully saturated rings. The van der Waals surface area contributed by atoms with E-state index in [1.807, 2.05) is 13.8 Å². The van der Waals surface area contributed by atoms with Crippen molar-refractivity contribution in [2.24, 2.45) is 5.92 Å². The van der Waals surface area contributed by atoms with Gasteiger partial charge >= 0.3 is 0 Å². The summed E-state index contributed by atoms with van der Waals surface area (Å²) in [7, 11) is 0. The normalized spacial score (nSPS) is 17.4. The van der Waals surface area contributed by atoms with Gasteiger partial charge in [-0.25, -0.2) is 18.2 Å². The number of halogens is 3. The number of hydrogen-bond donors (Lipinski definition) is 0. The summed E-state index contributed by atoms with van der Waals surface area (Å²) < 4.78 is 43.3. The molecule has 3 aromatic rings. The predicted molar refractivity (Wildman–Crippen MR) is 125 cm³/mol. The molecule has 1 atom stereocenters. The Labute approximate surface area is 192 Å². The van der Waals surface area contributed by atoms with Gasteiger partial charge in [0.05, 0.1) is 10.9 Å². The summed E-state index contributed by atoms with van der Waals surface area (Å²) in [4.78, 5) is 20.8. The van der Waals surface area contributed by atoms with Crippen LogP contribution in [0.4, 0.5) is 13.2 Å². The summed E-state index contributed by atoms with van der Waals surface area (Å²) in [6.07, 6.45) is 2.14. The number of aromatic nitrogens is 2. The van der Waals surface area contributed by atoms with E-state index in [1.165, 1.54) is 12.1 Å². The first kappa shape index (κ1) is 23.5. The molecule has 0 aliphatic carbocycles. The molecule has 1 aliphatic heterocycles. The van der Waals surface area contributed by atoms with Crippen LogP contribution in [0.3, 0.4) is 0 Å². The van der Waals surface area contributed by atoms with Crippen LogP contribution >= 0.6 is 0 Å². The lowest BCUT2D eigenvalue weighted by atomic mass is 9.96. The molecule has 0 saturated carbocycles. The lowest BCUT2D eigenvalue weighted by Gasteiger charge is -2.36. The number of benzene rings is 2. The van der Waals surface area contributed by atoms with Crippen molar-refractivity contribution in [1.29, 1.82) is 0 Å². The number of likely N-dealkylation sites (tertiary alicyclic amines) is 1. The van der Waals surface area contributed by atoms with E-state index in [4.69, 9.17) is 4.98 Å². The van der Waals surface area contributed by atoms with E-state index < -0.39 is 17.5 Å². The molecule has 4 rings (SSSR count). The first-order valence-electron chi connectivity index (χ1n) is 11.6. The second kappa shape index (κ2) is 9.29. The van der Waals surface area contributed by atoms with Crippen molar-refractivity contribution in [3.8, 4) is 11.1 Å². The first-order valence-corrected chi connectivity index (χ1v) is 11.6. The van der Waals surface area contributed by atoms with Gasteiger partial charge in [0.2, 0.25) is 0 Å². The van der Waals surface area contributed by atoms with Crippen LogP contribution < -0.4 is 5.56 Å². The van der Waals surface area contributed by atoms with Gasteiger partial charge in [-0.3, -0.25) is 9.36 Å². The summed E-state index contributed by atoms with van der Waals surface area (Å²) in [5.41, 5.74) is 0.550. The Morgan fingerprint density at radius 2 is 1.82 bits per heavy atom. The molecule has 2 aromatic carbocycles. The van der Waals surface area contributed by atoms with Gasteiger partial charge in [0.1, 0.15) is 5.82 Å². The van der Waals surface area contributed by atoms with Crippen LogP contribution in [-0.4, -0.2) is 33.6 Å². The number of hydrogen-bond acceptors (Lipinski definition) is 3. The van der Waals surface area contributed by atoms with Crippen LogP contribution in [0.25, 0.3) is 22.0 Å². The SMILES string of the molecule is CC(C)c1nc2ccc(-c3ccc(F)c(F)c3F)cc2c(=O)n1C[C@H]1CCCN(C(C)C)C1. The van der Waals surface area contributed by atoms with Crippen LogP contribution in [-0.2, 0) is 6.54 Å². The Hall–Kier alpha value is -2.67. The Kier molecular flexibility index (Phi) is 6.61. The summed E-state index contributed by atoms with van der Waals surface area (Å²) in [6.45, 7) is 11.0. The molecular weight excluding hydrogens is 427 g/mol. The molecule has 33 heavy (non-hydrogen) atoms. The average molecular weight is 458 g/mol. The molecule has 0 N–H and O–H groups in total. The summed E-state index contributed by atoms with van der Waals surface area (Å²) in [6, 6.07) is 7.29. The van der Waals surface area contributed by atoms with Crippen molar-refractivity contribution in [2.45, 2.75) is 59.0 Å².